The van der Waals surface area contributed by atoms with Crippen molar-refractivity contribution in [1.29, 1.82) is 0 Å². The van der Waals surface area contributed by atoms with Gasteiger partial charge in [-0.3, -0.25) is 4.79 Å². The third-order valence-corrected chi connectivity index (χ3v) is 4.53. The van der Waals surface area contributed by atoms with Crippen LogP contribution in [0.5, 0.6) is 11.5 Å². The molecule has 0 aliphatic rings. The summed E-state index contributed by atoms with van der Waals surface area (Å²) in [5.41, 5.74) is 10.4. The lowest BCUT2D eigenvalue weighted by Gasteiger charge is -2.08. The van der Waals surface area contributed by atoms with E-state index in [-0.39, 0.29) is 23.1 Å². The number of hydrogen-bond acceptors (Lipinski definition) is 10. The van der Waals surface area contributed by atoms with E-state index in [1.807, 2.05) is 0 Å². The van der Waals surface area contributed by atoms with Crippen LogP contribution in [0, 0.1) is 0 Å². The molecule has 12 heteroatoms. The van der Waals surface area contributed by atoms with Crippen LogP contribution in [0.15, 0.2) is 58.3 Å². The molecule has 0 bridgehead atoms. The van der Waals surface area contributed by atoms with Crippen LogP contribution >= 0.6 is 0 Å². The Labute approximate surface area is 181 Å². The highest BCUT2D eigenvalue weighted by atomic mass is 16.6. The molecule has 32 heavy (non-hydrogen) atoms. The van der Waals surface area contributed by atoms with Gasteiger partial charge in [-0.25, -0.2) is 10.1 Å². The predicted octanol–water partition coefficient (Wildman–Crippen LogP) is 1.77. The molecular weight excluding hydrogens is 416 g/mol. The first-order valence-corrected chi connectivity index (χ1v) is 9.30. The molecule has 12 nitrogen and oxygen atoms in total. The maximum absolute atomic E-state index is 13.0. The van der Waals surface area contributed by atoms with Gasteiger partial charge in [0.1, 0.15) is 17.2 Å². The van der Waals surface area contributed by atoms with Crippen LogP contribution in [0.2, 0.25) is 0 Å². The Morgan fingerprint density at radius 1 is 1.22 bits per heavy atom. The van der Waals surface area contributed by atoms with Gasteiger partial charge in [0.15, 0.2) is 5.69 Å². The summed E-state index contributed by atoms with van der Waals surface area (Å²) in [6.45, 7) is 1.72. The Kier molecular flexibility index (Phi) is 5.49. The number of nitrogens with one attached hydrogen (secondary N) is 1. The minimum atomic E-state index is -0.609. The average Bonchev–Trinajstić information content (AvgIpc) is 3.43. The second kappa shape index (κ2) is 8.55. The van der Waals surface area contributed by atoms with Crippen molar-refractivity contribution in [3.8, 4) is 28.6 Å². The van der Waals surface area contributed by atoms with E-state index in [4.69, 9.17) is 10.5 Å². The number of aromatic hydroxyl groups is 1. The second-order valence-corrected chi connectivity index (χ2v) is 6.59. The largest absolute Gasteiger partial charge is 0.508 e. The number of rotatable bonds is 6. The Morgan fingerprint density at radius 2 is 2.00 bits per heavy atom. The fraction of sp³-hybridized carbons (Fsp3) is 0.100. The molecule has 162 valence electrons. The van der Waals surface area contributed by atoms with Gasteiger partial charge in [-0.2, -0.15) is 9.78 Å². The molecule has 4 N–H and O–H groups in total. The molecule has 0 atom stereocenters. The number of hydrogen-bond donors (Lipinski definition) is 3. The Hall–Kier alpha value is -4.74. The summed E-state index contributed by atoms with van der Waals surface area (Å²) in [6.07, 6.45) is 0. The molecule has 0 fully saturated rings. The van der Waals surface area contributed by atoms with Crippen molar-refractivity contribution in [2.75, 3.05) is 12.8 Å². The number of nitrogens with two attached hydrogens (primary N) is 1. The molecular formula is C20H18N8O4. The number of hydrazone groups is 1. The summed E-state index contributed by atoms with van der Waals surface area (Å²) in [5.74, 6) is 0.147. The van der Waals surface area contributed by atoms with Gasteiger partial charge >= 0.3 is 0 Å². The highest BCUT2D eigenvalue weighted by molar-refractivity contribution is 6.02. The van der Waals surface area contributed by atoms with E-state index in [2.05, 4.69) is 35.8 Å². The molecule has 0 saturated carbocycles. The molecule has 0 radical (unpaired) electrons. The zero-order chi connectivity index (χ0) is 22.7. The van der Waals surface area contributed by atoms with Crippen LogP contribution in [-0.4, -0.2) is 49.1 Å². The summed E-state index contributed by atoms with van der Waals surface area (Å²) in [6, 6.07) is 13.4. The topological polar surface area (TPSA) is 167 Å². The van der Waals surface area contributed by atoms with Crippen LogP contribution in [0.25, 0.3) is 17.1 Å². The molecule has 2 aromatic heterocycles. The highest BCUT2D eigenvalue weighted by Gasteiger charge is 2.25. The van der Waals surface area contributed by atoms with E-state index in [0.717, 1.165) is 5.56 Å². The number of benzene rings is 2. The highest BCUT2D eigenvalue weighted by Crippen LogP contribution is 2.29. The number of nitrogens with zero attached hydrogens (tertiary/aromatic N) is 6. The zero-order valence-electron chi connectivity index (χ0n) is 17.1. The maximum atomic E-state index is 13.0. The number of phenols is 1. The quantitative estimate of drug-likeness (QED) is 0.303. The van der Waals surface area contributed by atoms with Crippen LogP contribution in [-0.2, 0) is 0 Å². The third-order valence-electron chi connectivity index (χ3n) is 4.53. The summed E-state index contributed by atoms with van der Waals surface area (Å²) < 4.78 is 11.2. The van der Waals surface area contributed by atoms with Crippen LogP contribution in [0.3, 0.4) is 0 Å². The molecule has 0 aliphatic heterocycles. The zero-order valence-corrected chi connectivity index (χ0v) is 17.1. The minimum Gasteiger partial charge on any atom is -0.508 e. The number of carbonyl (C=O) groups is 1. The fourth-order valence-corrected chi connectivity index (χ4v) is 2.91. The lowest BCUT2D eigenvalue weighted by Crippen LogP contribution is -2.21. The number of aromatic nitrogens is 5. The molecule has 2 aromatic carbocycles. The van der Waals surface area contributed by atoms with E-state index in [1.54, 1.807) is 43.3 Å². The van der Waals surface area contributed by atoms with Crippen molar-refractivity contribution in [1.82, 2.24) is 30.7 Å². The van der Waals surface area contributed by atoms with Gasteiger partial charge in [0.05, 0.1) is 12.8 Å². The van der Waals surface area contributed by atoms with Gasteiger partial charge < -0.3 is 15.6 Å². The number of anilines is 1. The number of ether oxygens (including phenoxy) is 1. The lowest BCUT2D eigenvalue weighted by molar-refractivity contribution is 0.0950. The molecule has 0 unspecified atom stereocenters. The van der Waals surface area contributed by atoms with E-state index >= 15 is 0 Å². The standard InChI is InChI=1S/C20H18N8O4/c1-11(12-6-8-14(29)9-7-12)22-24-20(30)16-17(13-4-3-5-15(10-13)31-2)28(27-23-16)19-18(21)25-32-26-19/h3-10,29H,1-2H3,(H2,21,25)(H,24,30)/b22-11-. The van der Waals surface area contributed by atoms with Gasteiger partial charge in [-0.15, -0.1) is 5.10 Å². The number of phenolic OH excluding ortho intramolecular Hbond substituents is 1. The van der Waals surface area contributed by atoms with Crippen molar-refractivity contribution in [3.63, 3.8) is 0 Å². The van der Waals surface area contributed by atoms with E-state index in [9.17, 15) is 9.90 Å². The lowest BCUT2D eigenvalue weighted by atomic mass is 10.1. The van der Waals surface area contributed by atoms with Crippen LogP contribution in [0.1, 0.15) is 23.0 Å². The van der Waals surface area contributed by atoms with E-state index in [0.29, 0.717) is 22.7 Å². The Bertz CT molecular complexity index is 1290. The molecule has 2 heterocycles. The summed E-state index contributed by atoms with van der Waals surface area (Å²) >= 11 is 0. The monoisotopic (exact) mass is 434 g/mol. The van der Waals surface area contributed by atoms with Gasteiger partial charge in [-0.05, 0) is 59.2 Å². The summed E-state index contributed by atoms with van der Waals surface area (Å²) in [5, 5.41) is 28.9. The molecule has 0 spiro atoms. The number of nitrogen functional groups attached to an aromatic ring is 1. The molecule has 4 aromatic rings. The Morgan fingerprint density at radius 3 is 2.69 bits per heavy atom. The van der Waals surface area contributed by atoms with E-state index in [1.165, 1.54) is 23.9 Å². The summed E-state index contributed by atoms with van der Waals surface area (Å²) in [4.78, 5) is 13.0. The SMILES string of the molecule is COc1cccc(-c2c(C(=O)N/N=C(/C)c3ccc(O)cc3)nnn2-c2nonc2N)c1. The average molecular weight is 434 g/mol. The molecule has 1 amide bonds. The number of amides is 1. The fourth-order valence-electron chi connectivity index (χ4n) is 2.91. The Balaban J connectivity index is 1.72. The first-order valence-electron chi connectivity index (χ1n) is 9.30. The van der Waals surface area contributed by atoms with Crippen LogP contribution in [0.4, 0.5) is 5.82 Å². The molecule has 4 rings (SSSR count). The van der Waals surface area contributed by atoms with Crippen LogP contribution < -0.4 is 15.9 Å². The molecule has 0 saturated heterocycles. The van der Waals surface area contributed by atoms with Crippen molar-refractivity contribution in [2.45, 2.75) is 6.92 Å². The van der Waals surface area contributed by atoms with E-state index < -0.39 is 5.91 Å². The summed E-state index contributed by atoms with van der Waals surface area (Å²) in [7, 11) is 1.53. The minimum absolute atomic E-state index is 0.0211. The molecule has 0 aliphatic carbocycles. The van der Waals surface area contributed by atoms with Crippen molar-refractivity contribution in [3.05, 3.63) is 59.8 Å². The number of methoxy groups -OCH3 is 1. The van der Waals surface area contributed by atoms with Gasteiger partial charge in [0.25, 0.3) is 5.91 Å². The van der Waals surface area contributed by atoms with Gasteiger partial charge in [0.2, 0.25) is 11.6 Å². The van der Waals surface area contributed by atoms with Crippen molar-refractivity contribution >= 4 is 17.4 Å². The normalized spacial score (nSPS) is 11.4. The number of carbonyl (C=O) groups excluding carboxylic acids is 1. The van der Waals surface area contributed by atoms with Gasteiger partial charge in [0, 0.05) is 5.56 Å². The maximum Gasteiger partial charge on any atom is 0.294 e. The first kappa shape index (κ1) is 20.5. The van der Waals surface area contributed by atoms with Crippen molar-refractivity contribution < 1.29 is 19.3 Å². The smallest absolute Gasteiger partial charge is 0.294 e. The van der Waals surface area contributed by atoms with Crippen molar-refractivity contribution in [2.24, 2.45) is 5.10 Å². The second-order valence-electron chi connectivity index (χ2n) is 6.59. The predicted molar refractivity (Wildman–Crippen MR) is 113 cm³/mol. The third kappa shape index (κ3) is 3.96. The van der Waals surface area contributed by atoms with Gasteiger partial charge in [-0.1, -0.05) is 17.3 Å². The first-order chi connectivity index (χ1) is 15.5.